The van der Waals surface area contributed by atoms with Gasteiger partial charge in [0.2, 0.25) is 0 Å². The van der Waals surface area contributed by atoms with Crippen LogP contribution in [0.4, 0.5) is 0 Å². The van der Waals surface area contributed by atoms with Crippen molar-refractivity contribution in [2.45, 2.75) is 0 Å². The van der Waals surface area contributed by atoms with Crippen LogP contribution >= 0.6 is 0 Å². The third-order valence-corrected chi connectivity index (χ3v) is 2.96. The first-order valence-electron chi connectivity index (χ1n) is 5.97. The number of para-hydroxylation sites is 1. The molecule has 104 valence electrons. The minimum absolute atomic E-state index is 0.0806. The summed E-state index contributed by atoms with van der Waals surface area (Å²) >= 11 is 0. The summed E-state index contributed by atoms with van der Waals surface area (Å²) in [7, 11) is 0. The lowest BCUT2D eigenvalue weighted by Gasteiger charge is -2.09. The van der Waals surface area contributed by atoms with Crippen molar-refractivity contribution >= 4 is 17.9 Å². The van der Waals surface area contributed by atoms with Gasteiger partial charge < -0.3 is 14.6 Å². The van der Waals surface area contributed by atoms with Crippen molar-refractivity contribution in [3.05, 3.63) is 59.2 Å². The summed E-state index contributed by atoms with van der Waals surface area (Å²) in [5, 5.41) is 9.07. The van der Waals surface area contributed by atoms with E-state index in [1.54, 1.807) is 30.3 Å². The number of ether oxygens (including phenoxy) is 2. The molecule has 1 N–H and O–H groups in total. The van der Waals surface area contributed by atoms with Crippen LogP contribution in [0.1, 0.15) is 31.1 Å². The molecule has 0 aliphatic carbocycles. The second-order valence-corrected chi connectivity index (χ2v) is 4.26. The molecule has 0 spiro atoms. The molecule has 0 saturated heterocycles. The van der Waals surface area contributed by atoms with Crippen molar-refractivity contribution < 1.29 is 29.0 Å². The van der Waals surface area contributed by atoms with Crippen molar-refractivity contribution in [1.29, 1.82) is 0 Å². The molecule has 0 unspecified atom stereocenters. The summed E-state index contributed by atoms with van der Waals surface area (Å²) in [5.41, 5.74) is -0.731. The highest BCUT2D eigenvalue weighted by atomic mass is 16.6. The van der Waals surface area contributed by atoms with E-state index in [0.717, 1.165) is 0 Å². The Kier molecular flexibility index (Phi) is 2.91. The molecule has 6 nitrogen and oxygen atoms in total. The molecular formula is C15H8O6. The fraction of sp³-hybridized carbons (Fsp3) is 0. The highest BCUT2D eigenvalue weighted by Crippen LogP contribution is 2.34. The Hall–Kier alpha value is -3.15. The van der Waals surface area contributed by atoms with E-state index >= 15 is 0 Å². The van der Waals surface area contributed by atoms with E-state index in [1.165, 1.54) is 12.1 Å². The molecule has 0 fully saturated rings. The first-order chi connectivity index (χ1) is 10.1. The molecule has 3 rings (SSSR count). The zero-order valence-corrected chi connectivity index (χ0v) is 10.5. The van der Waals surface area contributed by atoms with Crippen LogP contribution in [-0.4, -0.2) is 23.0 Å². The Balaban J connectivity index is 2.14. The molecule has 1 aliphatic heterocycles. The van der Waals surface area contributed by atoms with E-state index in [9.17, 15) is 14.4 Å². The maximum absolute atomic E-state index is 11.7. The molecule has 0 bridgehead atoms. The van der Waals surface area contributed by atoms with Crippen LogP contribution in [0.15, 0.2) is 42.5 Å². The van der Waals surface area contributed by atoms with Crippen LogP contribution in [0.5, 0.6) is 11.5 Å². The third kappa shape index (κ3) is 2.12. The average Bonchev–Trinajstić information content (AvgIpc) is 2.76. The summed E-state index contributed by atoms with van der Waals surface area (Å²) < 4.78 is 10.0. The van der Waals surface area contributed by atoms with E-state index < -0.39 is 17.9 Å². The number of carbonyl (C=O) groups is 3. The summed E-state index contributed by atoms with van der Waals surface area (Å²) in [6.07, 6.45) is 0. The quantitative estimate of drug-likeness (QED) is 0.688. The summed E-state index contributed by atoms with van der Waals surface area (Å²) in [6, 6.07) is 11.1. The molecule has 0 atom stereocenters. The number of esters is 2. The molecule has 21 heavy (non-hydrogen) atoms. The van der Waals surface area contributed by atoms with Crippen molar-refractivity contribution in [3.8, 4) is 11.5 Å². The number of carboxylic acids is 1. The van der Waals surface area contributed by atoms with Gasteiger partial charge in [0.05, 0.1) is 11.1 Å². The van der Waals surface area contributed by atoms with E-state index in [1.807, 2.05) is 0 Å². The highest BCUT2D eigenvalue weighted by molar-refractivity contribution is 6.20. The predicted octanol–water partition coefficient (Wildman–Crippen LogP) is 2.49. The van der Waals surface area contributed by atoms with Gasteiger partial charge >= 0.3 is 17.9 Å². The van der Waals surface area contributed by atoms with Gasteiger partial charge in [0.15, 0.2) is 0 Å². The zero-order valence-electron chi connectivity index (χ0n) is 10.5. The predicted molar refractivity (Wildman–Crippen MR) is 69.7 cm³/mol. The van der Waals surface area contributed by atoms with Crippen LogP contribution in [0, 0.1) is 0 Å². The number of carboxylic acid groups (broad SMARTS) is 1. The number of hydrogen-bond donors (Lipinski definition) is 1. The van der Waals surface area contributed by atoms with Crippen LogP contribution in [0.25, 0.3) is 0 Å². The largest absolute Gasteiger partial charge is 0.478 e. The Morgan fingerprint density at radius 3 is 2.29 bits per heavy atom. The molecule has 6 heteroatoms. The van der Waals surface area contributed by atoms with E-state index in [4.69, 9.17) is 9.84 Å². The van der Waals surface area contributed by atoms with E-state index in [-0.39, 0.29) is 22.4 Å². The first kappa shape index (κ1) is 12.9. The SMILES string of the molecule is O=C(O)c1ccc(Oc2ccccc2)c2c1C(=O)OC2=O. The molecular weight excluding hydrogens is 276 g/mol. The van der Waals surface area contributed by atoms with Crippen LogP contribution in [0.2, 0.25) is 0 Å². The van der Waals surface area contributed by atoms with Crippen molar-refractivity contribution in [2.24, 2.45) is 0 Å². The average molecular weight is 284 g/mol. The third-order valence-electron chi connectivity index (χ3n) is 2.96. The highest BCUT2D eigenvalue weighted by Gasteiger charge is 2.37. The lowest BCUT2D eigenvalue weighted by molar-refractivity contribution is 0.0438. The summed E-state index contributed by atoms with van der Waals surface area (Å²) in [6.45, 7) is 0. The minimum atomic E-state index is -1.32. The number of hydrogen-bond acceptors (Lipinski definition) is 5. The normalized spacial score (nSPS) is 12.8. The van der Waals surface area contributed by atoms with Gasteiger partial charge in [-0.3, -0.25) is 0 Å². The lowest BCUT2D eigenvalue weighted by atomic mass is 10.0. The van der Waals surface area contributed by atoms with Crippen LogP contribution < -0.4 is 4.74 Å². The standard InChI is InChI=1S/C15H8O6/c16-13(17)9-6-7-10(20-8-4-2-1-3-5-8)12-11(9)14(18)21-15(12)19/h1-7H,(H,16,17). The van der Waals surface area contributed by atoms with Gasteiger partial charge in [-0.25, -0.2) is 14.4 Å². The fourth-order valence-corrected chi connectivity index (χ4v) is 2.06. The lowest BCUT2D eigenvalue weighted by Crippen LogP contribution is -2.07. The molecule has 0 saturated carbocycles. The van der Waals surface area contributed by atoms with Gasteiger partial charge in [0.25, 0.3) is 0 Å². The molecule has 2 aromatic rings. The van der Waals surface area contributed by atoms with Crippen molar-refractivity contribution in [3.63, 3.8) is 0 Å². The number of fused-ring (bicyclic) bond motifs is 1. The Morgan fingerprint density at radius 1 is 0.952 bits per heavy atom. The molecule has 1 aliphatic rings. The monoisotopic (exact) mass is 284 g/mol. The molecule has 0 radical (unpaired) electrons. The second kappa shape index (κ2) is 4.75. The number of rotatable bonds is 3. The molecule has 2 aromatic carbocycles. The summed E-state index contributed by atoms with van der Waals surface area (Å²) in [4.78, 5) is 34.5. The number of carbonyl (C=O) groups excluding carboxylic acids is 2. The maximum Gasteiger partial charge on any atom is 0.350 e. The Labute approximate surface area is 118 Å². The van der Waals surface area contributed by atoms with Gasteiger partial charge in [-0.1, -0.05) is 18.2 Å². The van der Waals surface area contributed by atoms with Gasteiger partial charge in [0, 0.05) is 0 Å². The number of cyclic esters (lactones) is 2. The summed E-state index contributed by atoms with van der Waals surface area (Å²) in [5.74, 6) is -2.67. The zero-order chi connectivity index (χ0) is 15.0. The van der Waals surface area contributed by atoms with Gasteiger partial charge in [-0.05, 0) is 24.3 Å². The smallest absolute Gasteiger partial charge is 0.350 e. The molecule has 0 aromatic heterocycles. The van der Waals surface area contributed by atoms with Crippen molar-refractivity contribution in [2.75, 3.05) is 0 Å². The topological polar surface area (TPSA) is 89.9 Å². The Morgan fingerprint density at radius 2 is 1.62 bits per heavy atom. The molecule has 0 amide bonds. The van der Waals surface area contributed by atoms with E-state index in [0.29, 0.717) is 5.75 Å². The van der Waals surface area contributed by atoms with Gasteiger partial charge in [-0.15, -0.1) is 0 Å². The van der Waals surface area contributed by atoms with Crippen molar-refractivity contribution in [1.82, 2.24) is 0 Å². The minimum Gasteiger partial charge on any atom is -0.478 e. The van der Waals surface area contributed by atoms with E-state index in [2.05, 4.69) is 4.74 Å². The van der Waals surface area contributed by atoms with Gasteiger partial charge in [-0.2, -0.15) is 0 Å². The maximum atomic E-state index is 11.7. The Bertz CT molecular complexity index is 763. The molecule has 1 heterocycles. The van der Waals surface area contributed by atoms with Crippen LogP contribution in [-0.2, 0) is 4.74 Å². The van der Waals surface area contributed by atoms with Crippen LogP contribution in [0.3, 0.4) is 0 Å². The number of aromatic carboxylic acids is 1. The first-order valence-corrected chi connectivity index (χ1v) is 5.97. The fourth-order valence-electron chi connectivity index (χ4n) is 2.06. The second-order valence-electron chi connectivity index (χ2n) is 4.26. The number of benzene rings is 2. The van der Waals surface area contributed by atoms with Gasteiger partial charge in [0.1, 0.15) is 17.1 Å².